The lowest BCUT2D eigenvalue weighted by atomic mass is 9.67. The number of benzene rings is 2. The monoisotopic (exact) mass is 738 g/mol. The van der Waals surface area contributed by atoms with Crippen LogP contribution in [0.15, 0.2) is 71.3 Å². The Morgan fingerprint density at radius 2 is 1.76 bits per heavy atom. The number of allylic oxidation sites excluding steroid dienone is 4. The van der Waals surface area contributed by atoms with Crippen molar-refractivity contribution < 1.29 is 19.4 Å². The molecule has 2 aliphatic heterocycles. The number of aliphatic carboxylic acids is 1. The number of anilines is 2. The van der Waals surface area contributed by atoms with Gasteiger partial charge in [-0.15, -0.1) is 0 Å². The number of nitrogens with one attached hydrogen (secondary N) is 1. The molecule has 2 aromatic carbocycles. The van der Waals surface area contributed by atoms with Gasteiger partial charge in [-0.05, 0) is 87.2 Å². The smallest absolute Gasteiger partial charge is 0.310 e. The fourth-order valence-electron chi connectivity index (χ4n) is 8.49. The molecule has 0 bridgehead atoms. The van der Waals surface area contributed by atoms with Crippen molar-refractivity contribution in [1.29, 1.82) is 5.26 Å². The Labute approximate surface area is 320 Å². The second kappa shape index (κ2) is 13.7. The minimum Gasteiger partial charge on any atom is -0.481 e. The topological polar surface area (TPSA) is 165 Å². The number of aliphatic hydroxyl groups is 1. The number of rotatable bonds is 9. The van der Waals surface area contributed by atoms with E-state index in [9.17, 15) is 20.3 Å². The van der Waals surface area contributed by atoms with Crippen LogP contribution < -0.4 is 5.32 Å². The molecule has 0 saturated carbocycles. The van der Waals surface area contributed by atoms with Crippen molar-refractivity contribution in [2.75, 3.05) is 31.5 Å². The van der Waals surface area contributed by atoms with Gasteiger partial charge in [0.15, 0.2) is 11.4 Å². The second-order valence-electron chi connectivity index (χ2n) is 16.7. The van der Waals surface area contributed by atoms with E-state index in [0.29, 0.717) is 78.9 Å². The van der Waals surface area contributed by atoms with Gasteiger partial charge in [0, 0.05) is 61.5 Å². The lowest BCUT2D eigenvalue weighted by Gasteiger charge is -2.36. The summed E-state index contributed by atoms with van der Waals surface area (Å²) in [5, 5.41) is 33.7. The van der Waals surface area contributed by atoms with Crippen LogP contribution in [-0.2, 0) is 17.9 Å². The predicted molar refractivity (Wildman–Crippen MR) is 210 cm³/mol. The standard InChI is InChI=1S/C43H46N8O4/c1-26-46-34-18-28(23-51-15-13-43(5,54)25-51)21-45-36(34)38(47-26)48-31-9-6-8-29(19-31)32-10-7-11-33(41(32,2)3)39-49-35-17-27(16-30(20-44)37(35)55-39)22-50-14-12-42(4,24-50)40(52)53/h6-11,16-19,21,32,54H,12-15,22-25H2,1-5H3,(H,52,53)(H,46,47,48). The lowest BCUT2D eigenvalue weighted by Crippen LogP contribution is -2.31. The summed E-state index contributed by atoms with van der Waals surface area (Å²) < 4.78 is 6.37. The minimum absolute atomic E-state index is 0.0232. The number of hydrogen-bond donors (Lipinski definition) is 3. The fourth-order valence-corrected chi connectivity index (χ4v) is 8.49. The normalized spacial score (nSPS) is 24.0. The molecule has 1 aliphatic carbocycles. The maximum atomic E-state index is 11.8. The van der Waals surface area contributed by atoms with E-state index >= 15 is 0 Å². The van der Waals surface area contributed by atoms with Gasteiger partial charge in [-0.3, -0.25) is 19.6 Å². The van der Waals surface area contributed by atoms with Gasteiger partial charge < -0.3 is 19.9 Å². The number of carboxylic acids is 1. The zero-order chi connectivity index (χ0) is 38.7. The Balaban J connectivity index is 1.03. The first-order chi connectivity index (χ1) is 26.2. The van der Waals surface area contributed by atoms with Crippen molar-refractivity contribution >= 4 is 45.2 Å². The zero-order valence-electron chi connectivity index (χ0n) is 31.9. The van der Waals surface area contributed by atoms with Crippen LogP contribution in [0.3, 0.4) is 0 Å². The number of hydrogen-bond acceptors (Lipinski definition) is 11. The number of carboxylic acid groups (broad SMARTS) is 1. The molecule has 12 nitrogen and oxygen atoms in total. The zero-order valence-corrected chi connectivity index (χ0v) is 31.9. The van der Waals surface area contributed by atoms with Crippen LogP contribution in [0.5, 0.6) is 0 Å². The second-order valence-corrected chi connectivity index (χ2v) is 16.7. The molecule has 5 aromatic rings. The van der Waals surface area contributed by atoms with Crippen molar-refractivity contribution in [3.05, 3.63) is 101 Å². The van der Waals surface area contributed by atoms with Gasteiger partial charge in [0.05, 0.1) is 22.1 Å². The number of β-amino-alcohol motifs (C(OH)–C–C–N with tert-alkyl or cyclic N) is 1. The Bertz CT molecular complexity index is 2440. The van der Waals surface area contributed by atoms with E-state index in [-0.39, 0.29) is 5.92 Å². The third-order valence-electron chi connectivity index (χ3n) is 11.6. The number of aromatic nitrogens is 4. The van der Waals surface area contributed by atoms with Crippen LogP contribution in [0.4, 0.5) is 11.5 Å². The fraction of sp³-hybridized carbons (Fsp3) is 0.395. The maximum absolute atomic E-state index is 11.8. The number of nitrogens with zero attached hydrogens (tertiary/aromatic N) is 7. The van der Waals surface area contributed by atoms with Crippen molar-refractivity contribution in [1.82, 2.24) is 29.7 Å². The summed E-state index contributed by atoms with van der Waals surface area (Å²) in [6.45, 7) is 13.8. The van der Waals surface area contributed by atoms with Crippen LogP contribution in [-0.4, -0.2) is 77.7 Å². The largest absolute Gasteiger partial charge is 0.481 e. The number of likely N-dealkylation sites (tertiary alicyclic amines) is 2. The molecule has 282 valence electrons. The maximum Gasteiger partial charge on any atom is 0.310 e. The Morgan fingerprint density at radius 3 is 2.51 bits per heavy atom. The molecular formula is C43H46N8O4. The Kier molecular flexibility index (Phi) is 9.07. The van der Waals surface area contributed by atoms with E-state index in [0.717, 1.165) is 46.4 Å². The van der Waals surface area contributed by atoms with E-state index in [2.05, 4.69) is 59.3 Å². The Morgan fingerprint density at radius 1 is 1.00 bits per heavy atom. The van der Waals surface area contributed by atoms with Gasteiger partial charge in [0.1, 0.15) is 22.9 Å². The molecule has 2 fully saturated rings. The molecular weight excluding hydrogens is 693 g/mol. The first kappa shape index (κ1) is 36.5. The summed E-state index contributed by atoms with van der Waals surface area (Å²) in [5.41, 5.74) is 5.89. The number of carbonyl (C=O) groups is 1. The van der Waals surface area contributed by atoms with Crippen LogP contribution in [0.1, 0.15) is 80.4 Å². The molecule has 5 heterocycles. The van der Waals surface area contributed by atoms with Crippen LogP contribution >= 0.6 is 0 Å². The SMILES string of the molecule is Cc1nc(Nc2cccc(C3C=CC=C(c4nc5cc(CN6CCC(C)(C(=O)O)C6)cc(C#N)c5o4)C3(C)C)c2)c2ncc(CN3CCC(C)(O)C3)cc2n1. The van der Waals surface area contributed by atoms with Gasteiger partial charge in [0.25, 0.3) is 0 Å². The molecule has 12 heteroatoms. The number of fused-ring (bicyclic) bond motifs is 2. The van der Waals surface area contributed by atoms with Gasteiger partial charge in [-0.1, -0.05) is 44.2 Å². The van der Waals surface area contributed by atoms with Crippen molar-refractivity contribution in [3.8, 4) is 6.07 Å². The molecule has 3 N–H and O–H groups in total. The highest BCUT2D eigenvalue weighted by molar-refractivity contribution is 5.88. The summed E-state index contributed by atoms with van der Waals surface area (Å²) >= 11 is 0. The van der Waals surface area contributed by atoms with Crippen LogP contribution in [0.2, 0.25) is 0 Å². The molecule has 3 atom stereocenters. The number of oxazole rings is 1. The Hall–Kier alpha value is -5.48. The van der Waals surface area contributed by atoms with E-state index in [1.165, 1.54) is 0 Å². The summed E-state index contributed by atoms with van der Waals surface area (Å²) in [7, 11) is 0. The van der Waals surface area contributed by atoms with E-state index in [4.69, 9.17) is 24.4 Å². The van der Waals surface area contributed by atoms with Crippen LogP contribution in [0.25, 0.3) is 27.7 Å². The highest BCUT2D eigenvalue weighted by Crippen LogP contribution is 2.50. The van der Waals surface area contributed by atoms with E-state index < -0.39 is 22.4 Å². The average Bonchev–Trinajstić information content (AvgIpc) is 3.83. The summed E-state index contributed by atoms with van der Waals surface area (Å²) in [4.78, 5) is 35.3. The summed E-state index contributed by atoms with van der Waals surface area (Å²) in [5.74, 6) is 0.941. The first-order valence-corrected chi connectivity index (χ1v) is 18.8. The average molecular weight is 739 g/mol. The molecule has 0 amide bonds. The molecule has 2 saturated heterocycles. The predicted octanol–water partition coefficient (Wildman–Crippen LogP) is 7.11. The number of pyridine rings is 1. The van der Waals surface area contributed by atoms with Crippen LogP contribution in [0, 0.1) is 29.1 Å². The highest BCUT2D eigenvalue weighted by atomic mass is 16.4. The summed E-state index contributed by atoms with van der Waals surface area (Å²) in [6, 6.07) is 16.4. The quantitative estimate of drug-likeness (QED) is 0.141. The van der Waals surface area contributed by atoms with Gasteiger partial charge in [-0.2, -0.15) is 5.26 Å². The third-order valence-corrected chi connectivity index (χ3v) is 11.6. The third kappa shape index (κ3) is 7.11. The minimum atomic E-state index is -0.783. The number of aryl methyl sites for hydroxylation is 1. The molecule has 0 radical (unpaired) electrons. The van der Waals surface area contributed by atoms with Gasteiger partial charge in [-0.25, -0.2) is 15.0 Å². The van der Waals surface area contributed by atoms with Gasteiger partial charge in [0.2, 0.25) is 5.89 Å². The molecule has 3 aromatic heterocycles. The first-order valence-electron chi connectivity index (χ1n) is 18.8. The van der Waals surface area contributed by atoms with E-state index in [1.54, 1.807) is 6.92 Å². The number of nitriles is 1. The summed E-state index contributed by atoms with van der Waals surface area (Å²) in [6.07, 6.45) is 9.48. The molecule has 8 rings (SSSR count). The molecule has 3 aliphatic rings. The molecule has 3 unspecified atom stereocenters. The molecule has 0 spiro atoms. The van der Waals surface area contributed by atoms with Crippen molar-refractivity contribution in [2.24, 2.45) is 10.8 Å². The molecule has 55 heavy (non-hydrogen) atoms. The highest BCUT2D eigenvalue weighted by Gasteiger charge is 2.41. The van der Waals surface area contributed by atoms with E-state index in [1.807, 2.05) is 56.5 Å². The van der Waals surface area contributed by atoms with Crippen molar-refractivity contribution in [3.63, 3.8) is 0 Å². The van der Waals surface area contributed by atoms with Crippen molar-refractivity contribution in [2.45, 2.75) is 72.1 Å². The van der Waals surface area contributed by atoms with Gasteiger partial charge >= 0.3 is 5.97 Å². The lowest BCUT2D eigenvalue weighted by molar-refractivity contribution is -0.147.